The van der Waals surface area contributed by atoms with Gasteiger partial charge in [-0.2, -0.15) is 0 Å². The zero-order valence-electron chi connectivity index (χ0n) is 13.8. The molecule has 1 aromatic heterocycles. The van der Waals surface area contributed by atoms with Crippen molar-refractivity contribution in [3.8, 4) is 0 Å². The second-order valence-electron chi connectivity index (χ2n) is 6.15. The van der Waals surface area contributed by atoms with E-state index in [4.69, 9.17) is 0 Å². The molecule has 3 rings (SSSR count). The Hall–Kier alpha value is -2.08. The highest BCUT2D eigenvalue weighted by Crippen LogP contribution is 2.17. The van der Waals surface area contributed by atoms with Gasteiger partial charge < -0.3 is 10.2 Å². The summed E-state index contributed by atoms with van der Waals surface area (Å²) in [5.74, 6) is 0.544. The molecule has 0 bridgehead atoms. The molecule has 0 spiro atoms. The Morgan fingerprint density at radius 1 is 1.26 bits per heavy atom. The summed E-state index contributed by atoms with van der Waals surface area (Å²) in [6.07, 6.45) is 1.03. The minimum absolute atomic E-state index is 0.0321. The van der Waals surface area contributed by atoms with Gasteiger partial charge in [0.25, 0.3) is 0 Å². The number of hydrogen-bond donors (Lipinski definition) is 1. The van der Waals surface area contributed by atoms with Gasteiger partial charge in [0.05, 0.1) is 11.0 Å². The van der Waals surface area contributed by atoms with E-state index < -0.39 is 0 Å². The van der Waals surface area contributed by atoms with Crippen LogP contribution in [0.25, 0.3) is 11.0 Å². The minimum Gasteiger partial charge on any atom is -0.341 e. The maximum Gasteiger partial charge on any atom is 0.329 e. The Morgan fingerprint density at radius 2 is 1.96 bits per heavy atom. The standard InChI is InChI=1S/C17H24N4O2/c1-3-20-14-6-4-5-7-15(14)21(17(20)23)12-16(22)19-9-8-13(11-19)10-18-2/h4-7,13,18H,3,8-12H2,1-2H3. The maximum absolute atomic E-state index is 12.6. The third-order valence-electron chi connectivity index (χ3n) is 4.67. The molecule has 1 fully saturated rings. The number of carbonyl (C=O) groups excluding carboxylic acids is 1. The summed E-state index contributed by atoms with van der Waals surface area (Å²) in [4.78, 5) is 27.1. The van der Waals surface area contributed by atoms with Crippen LogP contribution in [0.15, 0.2) is 29.1 Å². The van der Waals surface area contributed by atoms with E-state index in [1.54, 1.807) is 9.13 Å². The highest BCUT2D eigenvalue weighted by molar-refractivity contribution is 5.81. The number of fused-ring (bicyclic) bond motifs is 1. The molecule has 124 valence electrons. The zero-order valence-corrected chi connectivity index (χ0v) is 13.8. The van der Waals surface area contributed by atoms with Crippen molar-refractivity contribution in [2.24, 2.45) is 5.92 Å². The van der Waals surface area contributed by atoms with Crippen LogP contribution < -0.4 is 11.0 Å². The van der Waals surface area contributed by atoms with Crippen LogP contribution in [-0.2, 0) is 17.9 Å². The van der Waals surface area contributed by atoms with Gasteiger partial charge in [-0.3, -0.25) is 13.9 Å². The van der Waals surface area contributed by atoms with Crippen molar-refractivity contribution in [1.29, 1.82) is 0 Å². The molecule has 23 heavy (non-hydrogen) atoms. The van der Waals surface area contributed by atoms with Gasteiger partial charge in [0.1, 0.15) is 6.54 Å². The topological polar surface area (TPSA) is 59.3 Å². The number of aryl methyl sites for hydroxylation is 1. The van der Waals surface area contributed by atoms with E-state index in [2.05, 4.69) is 5.32 Å². The monoisotopic (exact) mass is 316 g/mol. The number of benzene rings is 1. The van der Waals surface area contributed by atoms with Crippen molar-refractivity contribution in [3.05, 3.63) is 34.7 Å². The molecular formula is C17H24N4O2. The number of amides is 1. The number of likely N-dealkylation sites (tertiary alicyclic amines) is 1. The first-order valence-electron chi connectivity index (χ1n) is 8.26. The molecule has 2 aromatic rings. The fraction of sp³-hybridized carbons (Fsp3) is 0.529. The lowest BCUT2D eigenvalue weighted by Gasteiger charge is -2.17. The van der Waals surface area contributed by atoms with E-state index >= 15 is 0 Å². The summed E-state index contributed by atoms with van der Waals surface area (Å²) < 4.78 is 3.32. The highest BCUT2D eigenvalue weighted by atomic mass is 16.2. The average Bonchev–Trinajstić information content (AvgIpc) is 3.12. The largest absolute Gasteiger partial charge is 0.341 e. The van der Waals surface area contributed by atoms with Crippen molar-refractivity contribution in [2.75, 3.05) is 26.7 Å². The fourth-order valence-corrected chi connectivity index (χ4v) is 3.48. The number of nitrogens with one attached hydrogen (secondary N) is 1. The smallest absolute Gasteiger partial charge is 0.329 e. The number of rotatable bonds is 5. The Morgan fingerprint density at radius 3 is 2.61 bits per heavy atom. The van der Waals surface area contributed by atoms with E-state index in [9.17, 15) is 9.59 Å². The predicted octanol–water partition coefficient (Wildman–Crippen LogP) is 0.891. The Balaban J connectivity index is 1.83. The molecule has 1 aliphatic heterocycles. The van der Waals surface area contributed by atoms with Gasteiger partial charge in [-0.15, -0.1) is 0 Å². The van der Waals surface area contributed by atoms with Gasteiger partial charge in [-0.25, -0.2) is 4.79 Å². The third kappa shape index (κ3) is 2.91. The number of aromatic nitrogens is 2. The molecule has 1 atom stereocenters. The lowest BCUT2D eigenvalue weighted by Crippen LogP contribution is -2.36. The van der Waals surface area contributed by atoms with Gasteiger partial charge in [-0.05, 0) is 45.0 Å². The fourth-order valence-electron chi connectivity index (χ4n) is 3.48. The molecule has 1 amide bonds. The summed E-state index contributed by atoms with van der Waals surface area (Å²) in [5.41, 5.74) is 1.62. The molecule has 2 heterocycles. The Bertz CT molecular complexity index is 762. The van der Waals surface area contributed by atoms with Crippen molar-refractivity contribution in [3.63, 3.8) is 0 Å². The second kappa shape index (κ2) is 6.58. The van der Waals surface area contributed by atoms with E-state index in [1.807, 2.05) is 43.1 Å². The SMILES string of the molecule is CCn1c(=O)n(CC(=O)N2CCC(CNC)C2)c2ccccc21. The summed E-state index contributed by atoms with van der Waals surface area (Å²) >= 11 is 0. The first-order valence-corrected chi connectivity index (χ1v) is 8.26. The molecule has 0 aliphatic carbocycles. The van der Waals surface area contributed by atoms with E-state index in [0.29, 0.717) is 12.5 Å². The molecule has 6 nitrogen and oxygen atoms in total. The van der Waals surface area contributed by atoms with Gasteiger partial charge in [0.15, 0.2) is 0 Å². The van der Waals surface area contributed by atoms with Crippen molar-refractivity contribution in [2.45, 2.75) is 26.4 Å². The van der Waals surface area contributed by atoms with Gasteiger partial charge in [0.2, 0.25) is 5.91 Å². The molecule has 0 radical (unpaired) electrons. The summed E-state index contributed by atoms with van der Waals surface area (Å²) in [6.45, 7) is 5.17. The van der Waals surface area contributed by atoms with Gasteiger partial charge >= 0.3 is 5.69 Å². The van der Waals surface area contributed by atoms with Gasteiger partial charge in [0, 0.05) is 19.6 Å². The number of imidazole rings is 1. The number of carbonyl (C=O) groups is 1. The average molecular weight is 316 g/mol. The van der Waals surface area contributed by atoms with Crippen LogP contribution in [0.5, 0.6) is 0 Å². The molecule has 1 aromatic carbocycles. The van der Waals surface area contributed by atoms with Crippen molar-refractivity contribution < 1.29 is 4.79 Å². The normalized spacial score (nSPS) is 18.0. The first kappa shape index (κ1) is 15.8. The molecular weight excluding hydrogens is 292 g/mol. The minimum atomic E-state index is -0.104. The van der Waals surface area contributed by atoms with Crippen molar-refractivity contribution in [1.82, 2.24) is 19.4 Å². The van der Waals surface area contributed by atoms with E-state index in [0.717, 1.165) is 37.1 Å². The lowest BCUT2D eigenvalue weighted by atomic mass is 10.1. The summed E-state index contributed by atoms with van der Waals surface area (Å²) in [6, 6.07) is 7.66. The molecule has 1 N–H and O–H groups in total. The lowest BCUT2D eigenvalue weighted by molar-refractivity contribution is -0.130. The number of hydrogen-bond acceptors (Lipinski definition) is 3. The molecule has 1 saturated heterocycles. The van der Waals surface area contributed by atoms with Gasteiger partial charge in [-0.1, -0.05) is 12.1 Å². The molecule has 1 unspecified atom stereocenters. The zero-order chi connectivity index (χ0) is 16.4. The highest BCUT2D eigenvalue weighted by Gasteiger charge is 2.26. The third-order valence-corrected chi connectivity index (χ3v) is 4.67. The first-order chi connectivity index (χ1) is 11.2. The second-order valence-corrected chi connectivity index (χ2v) is 6.15. The summed E-state index contributed by atoms with van der Waals surface area (Å²) in [5, 5.41) is 3.17. The van der Waals surface area contributed by atoms with Crippen LogP contribution in [0.3, 0.4) is 0 Å². The van der Waals surface area contributed by atoms with E-state index in [1.165, 1.54) is 0 Å². The Kier molecular flexibility index (Phi) is 4.52. The Labute approximate surface area is 135 Å². The van der Waals surface area contributed by atoms with E-state index in [-0.39, 0.29) is 18.1 Å². The van der Waals surface area contributed by atoms with Crippen LogP contribution in [-0.4, -0.2) is 46.6 Å². The number of para-hydroxylation sites is 2. The summed E-state index contributed by atoms with van der Waals surface area (Å²) in [7, 11) is 1.93. The quantitative estimate of drug-likeness (QED) is 0.891. The van der Waals surface area contributed by atoms with Crippen LogP contribution in [0, 0.1) is 5.92 Å². The molecule has 1 aliphatic rings. The van der Waals surface area contributed by atoms with Crippen molar-refractivity contribution >= 4 is 16.9 Å². The molecule has 6 heteroatoms. The van der Waals surface area contributed by atoms with Crippen LogP contribution in [0.1, 0.15) is 13.3 Å². The maximum atomic E-state index is 12.6. The predicted molar refractivity (Wildman–Crippen MR) is 90.5 cm³/mol. The number of nitrogens with zero attached hydrogens (tertiary/aromatic N) is 3. The van der Waals surface area contributed by atoms with Crippen LogP contribution in [0.4, 0.5) is 0 Å². The van der Waals surface area contributed by atoms with Crippen LogP contribution in [0.2, 0.25) is 0 Å². The van der Waals surface area contributed by atoms with Crippen LogP contribution >= 0.6 is 0 Å². The molecule has 0 saturated carbocycles.